The highest BCUT2D eigenvalue weighted by Gasteiger charge is 2.17. The summed E-state index contributed by atoms with van der Waals surface area (Å²) in [5.74, 6) is 0.315. The SMILES string of the molecule is CNc1ncccc1S(=O)(=O)NCCOCCOC. The molecule has 0 aliphatic carbocycles. The van der Waals surface area contributed by atoms with Gasteiger partial charge in [0.1, 0.15) is 10.7 Å². The number of rotatable bonds is 9. The smallest absolute Gasteiger partial charge is 0.244 e. The van der Waals surface area contributed by atoms with Crippen molar-refractivity contribution in [2.75, 3.05) is 45.8 Å². The highest BCUT2D eigenvalue weighted by atomic mass is 32.2. The van der Waals surface area contributed by atoms with Gasteiger partial charge < -0.3 is 14.8 Å². The first kappa shape index (κ1) is 15.8. The van der Waals surface area contributed by atoms with E-state index < -0.39 is 10.0 Å². The molecule has 1 aromatic rings. The topological polar surface area (TPSA) is 89.6 Å². The van der Waals surface area contributed by atoms with Crippen LogP contribution in [0.25, 0.3) is 0 Å². The van der Waals surface area contributed by atoms with Gasteiger partial charge in [0.05, 0.1) is 19.8 Å². The van der Waals surface area contributed by atoms with E-state index in [1.807, 2.05) is 0 Å². The molecule has 0 saturated heterocycles. The van der Waals surface area contributed by atoms with E-state index in [0.717, 1.165) is 0 Å². The first-order valence-corrected chi connectivity index (χ1v) is 7.29. The zero-order valence-corrected chi connectivity index (χ0v) is 11.9. The molecule has 8 heteroatoms. The Hall–Kier alpha value is -1.22. The van der Waals surface area contributed by atoms with Gasteiger partial charge in [-0.15, -0.1) is 0 Å². The van der Waals surface area contributed by atoms with E-state index >= 15 is 0 Å². The molecule has 0 spiro atoms. The van der Waals surface area contributed by atoms with Crippen molar-refractivity contribution in [1.82, 2.24) is 9.71 Å². The minimum absolute atomic E-state index is 0.120. The summed E-state index contributed by atoms with van der Waals surface area (Å²) in [6.45, 7) is 1.41. The van der Waals surface area contributed by atoms with Crippen molar-refractivity contribution < 1.29 is 17.9 Å². The summed E-state index contributed by atoms with van der Waals surface area (Å²) >= 11 is 0. The molecule has 108 valence electrons. The maximum Gasteiger partial charge on any atom is 0.244 e. The number of aromatic nitrogens is 1. The largest absolute Gasteiger partial charge is 0.382 e. The molecule has 2 N–H and O–H groups in total. The van der Waals surface area contributed by atoms with Gasteiger partial charge >= 0.3 is 0 Å². The lowest BCUT2D eigenvalue weighted by molar-refractivity contribution is 0.0736. The quantitative estimate of drug-likeness (QED) is 0.625. The van der Waals surface area contributed by atoms with Crippen LogP contribution in [-0.4, -0.2) is 53.9 Å². The van der Waals surface area contributed by atoms with Gasteiger partial charge in [-0.2, -0.15) is 0 Å². The van der Waals surface area contributed by atoms with Gasteiger partial charge in [0.15, 0.2) is 0 Å². The number of hydrogen-bond donors (Lipinski definition) is 2. The predicted molar refractivity (Wildman–Crippen MR) is 71.7 cm³/mol. The van der Waals surface area contributed by atoms with Crippen LogP contribution in [0.4, 0.5) is 5.82 Å². The van der Waals surface area contributed by atoms with Gasteiger partial charge in [0.2, 0.25) is 10.0 Å². The monoisotopic (exact) mass is 289 g/mol. The van der Waals surface area contributed by atoms with Crippen molar-refractivity contribution in [2.24, 2.45) is 0 Å². The van der Waals surface area contributed by atoms with E-state index in [4.69, 9.17) is 9.47 Å². The Morgan fingerprint density at radius 2 is 2.11 bits per heavy atom. The summed E-state index contributed by atoms with van der Waals surface area (Å²) in [6, 6.07) is 3.07. The molecule has 0 radical (unpaired) electrons. The Labute approximate surface area is 113 Å². The molecule has 0 bridgehead atoms. The lowest BCUT2D eigenvalue weighted by atomic mass is 10.5. The first-order chi connectivity index (χ1) is 9.11. The Kier molecular flexibility index (Phi) is 6.71. The molecule has 0 aromatic carbocycles. The maximum atomic E-state index is 12.0. The van der Waals surface area contributed by atoms with E-state index in [1.54, 1.807) is 20.2 Å². The van der Waals surface area contributed by atoms with Crippen LogP contribution in [-0.2, 0) is 19.5 Å². The molecule has 0 aliphatic rings. The average molecular weight is 289 g/mol. The van der Waals surface area contributed by atoms with Crippen molar-refractivity contribution in [1.29, 1.82) is 0 Å². The summed E-state index contributed by atoms with van der Waals surface area (Å²) < 4.78 is 36.5. The Morgan fingerprint density at radius 1 is 1.32 bits per heavy atom. The van der Waals surface area contributed by atoms with E-state index in [0.29, 0.717) is 19.0 Å². The molecule has 0 aliphatic heterocycles. The minimum atomic E-state index is -3.58. The van der Waals surface area contributed by atoms with Crippen LogP contribution in [0.3, 0.4) is 0 Å². The van der Waals surface area contributed by atoms with Gasteiger partial charge in [-0.25, -0.2) is 18.1 Å². The van der Waals surface area contributed by atoms with E-state index in [-0.39, 0.29) is 18.0 Å². The lowest BCUT2D eigenvalue weighted by Crippen LogP contribution is -2.28. The number of ether oxygens (including phenoxy) is 2. The molecule has 1 aromatic heterocycles. The summed E-state index contributed by atoms with van der Waals surface area (Å²) in [4.78, 5) is 4.07. The molecular weight excluding hydrogens is 270 g/mol. The fourth-order valence-electron chi connectivity index (χ4n) is 1.37. The third-order valence-electron chi connectivity index (χ3n) is 2.27. The molecular formula is C11H19N3O4S. The van der Waals surface area contributed by atoms with E-state index in [9.17, 15) is 8.42 Å². The van der Waals surface area contributed by atoms with Gasteiger partial charge in [0, 0.05) is 26.9 Å². The highest BCUT2D eigenvalue weighted by Crippen LogP contribution is 2.16. The molecule has 0 amide bonds. The van der Waals surface area contributed by atoms with Crippen molar-refractivity contribution in [3.8, 4) is 0 Å². The number of methoxy groups -OCH3 is 1. The number of nitrogens with one attached hydrogen (secondary N) is 2. The van der Waals surface area contributed by atoms with Crippen LogP contribution in [0.1, 0.15) is 0 Å². The number of sulfonamides is 1. The maximum absolute atomic E-state index is 12.0. The normalized spacial score (nSPS) is 11.5. The summed E-state index contributed by atoms with van der Waals surface area (Å²) in [7, 11) is -0.385. The Bertz CT molecular complexity index is 479. The summed E-state index contributed by atoms with van der Waals surface area (Å²) in [5.41, 5.74) is 0. The van der Waals surface area contributed by atoms with Crippen LogP contribution in [0.5, 0.6) is 0 Å². The van der Waals surface area contributed by atoms with Crippen molar-refractivity contribution in [3.05, 3.63) is 18.3 Å². The van der Waals surface area contributed by atoms with Gasteiger partial charge in [0.25, 0.3) is 0 Å². The summed E-state index contributed by atoms with van der Waals surface area (Å²) in [5, 5.41) is 2.74. The predicted octanol–water partition coefficient (Wildman–Crippen LogP) is 0.0646. The zero-order valence-electron chi connectivity index (χ0n) is 11.0. The molecule has 1 heterocycles. The van der Waals surface area contributed by atoms with Crippen LogP contribution < -0.4 is 10.0 Å². The first-order valence-electron chi connectivity index (χ1n) is 5.81. The molecule has 1 rings (SSSR count). The van der Waals surface area contributed by atoms with E-state index in [1.165, 1.54) is 12.3 Å². The second-order valence-electron chi connectivity index (χ2n) is 3.60. The van der Waals surface area contributed by atoms with Crippen LogP contribution in [0, 0.1) is 0 Å². The molecule has 0 fully saturated rings. The third kappa shape index (κ3) is 5.11. The molecule has 0 atom stereocenters. The third-order valence-corrected chi connectivity index (χ3v) is 3.76. The summed E-state index contributed by atoms with van der Waals surface area (Å²) in [6.07, 6.45) is 1.53. The van der Waals surface area contributed by atoms with E-state index in [2.05, 4.69) is 15.0 Å². The Balaban J connectivity index is 2.52. The molecule has 0 saturated carbocycles. The fourth-order valence-corrected chi connectivity index (χ4v) is 2.54. The van der Waals surface area contributed by atoms with Crippen LogP contribution >= 0.6 is 0 Å². The zero-order chi connectivity index (χ0) is 14.1. The second kappa shape index (κ2) is 8.05. The van der Waals surface area contributed by atoms with Crippen LogP contribution in [0.2, 0.25) is 0 Å². The van der Waals surface area contributed by atoms with Gasteiger partial charge in [-0.1, -0.05) is 0 Å². The lowest BCUT2D eigenvalue weighted by Gasteiger charge is -2.10. The number of pyridine rings is 1. The van der Waals surface area contributed by atoms with Gasteiger partial charge in [-0.3, -0.25) is 0 Å². The minimum Gasteiger partial charge on any atom is -0.382 e. The highest BCUT2D eigenvalue weighted by molar-refractivity contribution is 7.89. The number of nitrogens with zero attached hydrogens (tertiary/aromatic N) is 1. The van der Waals surface area contributed by atoms with Gasteiger partial charge in [-0.05, 0) is 12.1 Å². The van der Waals surface area contributed by atoms with Crippen molar-refractivity contribution >= 4 is 15.8 Å². The van der Waals surface area contributed by atoms with Crippen molar-refractivity contribution in [2.45, 2.75) is 4.90 Å². The Morgan fingerprint density at radius 3 is 2.79 bits per heavy atom. The number of hydrogen-bond acceptors (Lipinski definition) is 6. The number of anilines is 1. The molecule has 0 unspecified atom stereocenters. The standard InChI is InChI=1S/C11H19N3O4S/c1-12-11-10(4-3-5-13-11)19(15,16)14-6-7-18-9-8-17-2/h3-5,14H,6-9H2,1-2H3,(H,12,13). The molecule has 19 heavy (non-hydrogen) atoms. The molecule has 7 nitrogen and oxygen atoms in total. The van der Waals surface area contributed by atoms with Crippen LogP contribution in [0.15, 0.2) is 23.2 Å². The average Bonchev–Trinajstić information content (AvgIpc) is 2.42. The fraction of sp³-hybridized carbons (Fsp3) is 0.545. The van der Waals surface area contributed by atoms with Crippen molar-refractivity contribution in [3.63, 3.8) is 0 Å². The second-order valence-corrected chi connectivity index (χ2v) is 5.34.